The van der Waals surface area contributed by atoms with Crippen molar-refractivity contribution in [3.05, 3.63) is 58.6 Å². The summed E-state index contributed by atoms with van der Waals surface area (Å²) in [6, 6.07) is 10.7. The van der Waals surface area contributed by atoms with Gasteiger partial charge in [0.2, 0.25) is 0 Å². The summed E-state index contributed by atoms with van der Waals surface area (Å²) in [6.07, 6.45) is 2.20. The number of phenols is 1. The highest BCUT2D eigenvalue weighted by Crippen LogP contribution is 2.30. The highest BCUT2D eigenvalue weighted by Gasteiger charge is 2.13. The molecule has 100 valence electrons. The molecule has 2 heterocycles. The molecule has 3 rings (SSSR count). The van der Waals surface area contributed by atoms with E-state index in [1.807, 2.05) is 18.2 Å². The zero-order chi connectivity index (χ0) is 13.9. The number of benzene rings is 1. The lowest BCUT2D eigenvalue weighted by atomic mass is 10.2. The first-order valence-electron chi connectivity index (χ1n) is 5.94. The third kappa shape index (κ3) is 2.70. The number of aromatic nitrogens is 3. The first-order valence-corrected chi connectivity index (χ1v) is 6.73. The minimum Gasteiger partial charge on any atom is -0.507 e. The summed E-state index contributed by atoms with van der Waals surface area (Å²) in [5.74, 6) is 0.911. The summed E-state index contributed by atoms with van der Waals surface area (Å²) in [7, 11) is 0. The minimum atomic E-state index is 0.0984. The van der Waals surface area contributed by atoms with Crippen molar-refractivity contribution in [3.8, 4) is 17.2 Å². The van der Waals surface area contributed by atoms with Crippen molar-refractivity contribution in [2.24, 2.45) is 0 Å². The van der Waals surface area contributed by atoms with Gasteiger partial charge < -0.3 is 9.63 Å². The monoisotopic (exact) mass is 331 g/mol. The first-order chi connectivity index (χ1) is 9.72. The molecule has 5 nitrogen and oxygen atoms in total. The molecule has 1 aromatic carbocycles. The third-order valence-electron chi connectivity index (χ3n) is 2.72. The average molecular weight is 332 g/mol. The molecule has 0 bridgehead atoms. The summed E-state index contributed by atoms with van der Waals surface area (Å²) in [5.41, 5.74) is 1.36. The molecule has 2 aromatic heterocycles. The van der Waals surface area contributed by atoms with Crippen molar-refractivity contribution in [3.63, 3.8) is 0 Å². The summed E-state index contributed by atoms with van der Waals surface area (Å²) in [5, 5.41) is 13.7. The van der Waals surface area contributed by atoms with E-state index in [0.29, 0.717) is 17.8 Å². The topological polar surface area (TPSA) is 72.0 Å². The van der Waals surface area contributed by atoms with E-state index in [2.05, 4.69) is 31.1 Å². The summed E-state index contributed by atoms with van der Waals surface area (Å²) < 4.78 is 6.02. The lowest BCUT2D eigenvalue weighted by molar-refractivity contribution is 0.418. The standard InChI is InChI=1S/C14H10BrN3O2/c15-9-4-5-12(19)11(7-9)14-17-13(18-20-14)8-10-3-1-2-6-16-10/h1-7,19H,8H2. The molecule has 3 aromatic rings. The lowest BCUT2D eigenvalue weighted by Gasteiger charge is -1.99. The van der Waals surface area contributed by atoms with Gasteiger partial charge in [0, 0.05) is 16.4 Å². The van der Waals surface area contributed by atoms with Gasteiger partial charge in [0.05, 0.1) is 12.0 Å². The van der Waals surface area contributed by atoms with Crippen LogP contribution in [0.1, 0.15) is 11.5 Å². The Morgan fingerprint density at radius 3 is 2.90 bits per heavy atom. The van der Waals surface area contributed by atoms with Gasteiger partial charge in [-0.25, -0.2) is 0 Å². The Labute approximate surface area is 123 Å². The Kier molecular flexibility index (Phi) is 3.47. The molecule has 0 saturated carbocycles. The van der Waals surface area contributed by atoms with Crippen LogP contribution in [0.25, 0.3) is 11.5 Å². The number of phenolic OH excluding ortho intramolecular Hbond substituents is 1. The zero-order valence-corrected chi connectivity index (χ0v) is 11.9. The van der Waals surface area contributed by atoms with Crippen LogP contribution in [-0.4, -0.2) is 20.2 Å². The molecule has 20 heavy (non-hydrogen) atoms. The molecule has 0 radical (unpaired) electrons. The van der Waals surface area contributed by atoms with Crippen LogP contribution in [0.4, 0.5) is 0 Å². The van der Waals surface area contributed by atoms with Crippen LogP contribution < -0.4 is 0 Å². The maximum Gasteiger partial charge on any atom is 0.261 e. The largest absolute Gasteiger partial charge is 0.507 e. The number of pyridine rings is 1. The SMILES string of the molecule is Oc1ccc(Br)cc1-c1nc(Cc2ccccn2)no1. The Hall–Kier alpha value is -2.21. The fourth-order valence-corrected chi connectivity index (χ4v) is 2.14. The molecular weight excluding hydrogens is 322 g/mol. The maximum absolute atomic E-state index is 9.83. The van der Waals surface area contributed by atoms with Gasteiger partial charge in [-0.3, -0.25) is 4.98 Å². The van der Waals surface area contributed by atoms with E-state index in [-0.39, 0.29) is 11.6 Å². The molecule has 0 fully saturated rings. The second kappa shape index (κ2) is 5.42. The molecule has 6 heteroatoms. The van der Waals surface area contributed by atoms with Crippen LogP contribution in [0.2, 0.25) is 0 Å². The van der Waals surface area contributed by atoms with Crippen LogP contribution in [0, 0.1) is 0 Å². The Morgan fingerprint density at radius 2 is 2.10 bits per heavy atom. The Bertz CT molecular complexity index is 728. The second-order valence-corrected chi connectivity index (χ2v) is 5.09. The minimum absolute atomic E-state index is 0.0984. The molecule has 0 saturated heterocycles. The highest BCUT2D eigenvalue weighted by molar-refractivity contribution is 9.10. The first kappa shape index (κ1) is 12.8. The molecule has 1 N–H and O–H groups in total. The fourth-order valence-electron chi connectivity index (χ4n) is 1.78. The van der Waals surface area contributed by atoms with E-state index in [1.165, 1.54) is 0 Å². The molecular formula is C14H10BrN3O2. The van der Waals surface area contributed by atoms with Crippen LogP contribution >= 0.6 is 15.9 Å². The van der Waals surface area contributed by atoms with E-state index in [4.69, 9.17) is 4.52 Å². The van der Waals surface area contributed by atoms with Crippen molar-refractivity contribution in [2.75, 3.05) is 0 Å². The Balaban J connectivity index is 1.88. The number of rotatable bonds is 3. The predicted octanol–water partition coefficient (Wildman–Crippen LogP) is 3.19. The van der Waals surface area contributed by atoms with Crippen molar-refractivity contribution in [1.82, 2.24) is 15.1 Å². The molecule has 0 aliphatic heterocycles. The maximum atomic E-state index is 9.83. The van der Waals surface area contributed by atoms with Gasteiger partial charge >= 0.3 is 0 Å². The number of hydrogen-bond acceptors (Lipinski definition) is 5. The van der Waals surface area contributed by atoms with Gasteiger partial charge in [-0.15, -0.1) is 0 Å². The normalized spacial score (nSPS) is 10.7. The number of aromatic hydroxyl groups is 1. The van der Waals surface area contributed by atoms with Gasteiger partial charge in [0.25, 0.3) is 5.89 Å². The average Bonchev–Trinajstić information content (AvgIpc) is 2.91. The smallest absolute Gasteiger partial charge is 0.261 e. The van der Waals surface area contributed by atoms with Crippen LogP contribution in [0.15, 0.2) is 51.6 Å². The highest BCUT2D eigenvalue weighted by atomic mass is 79.9. The van der Waals surface area contributed by atoms with Crippen LogP contribution in [0.3, 0.4) is 0 Å². The lowest BCUT2D eigenvalue weighted by Crippen LogP contribution is -1.93. The van der Waals surface area contributed by atoms with Gasteiger partial charge in [-0.05, 0) is 30.3 Å². The van der Waals surface area contributed by atoms with Crippen molar-refractivity contribution in [2.45, 2.75) is 6.42 Å². The predicted molar refractivity (Wildman–Crippen MR) is 76.1 cm³/mol. The van der Waals surface area contributed by atoms with E-state index >= 15 is 0 Å². The third-order valence-corrected chi connectivity index (χ3v) is 3.22. The fraction of sp³-hybridized carbons (Fsp3) is 0.0714. The molecule has 0 atom stereocenters. The van der Waals surface area contributed by atoms with Crippen molar-refractivity contribution in [1.29, 1.82) is 0 Å². The van der Waals surface area contributed by atoms with E-state index in [9.17, 15) is 5.11 Å². The molecule has 0 unspecified atom stereocenters. The van der Waals surface area contributed by atoms with Gasteiger partial charge in [0.1, 0.15) is 5.75 Å². The molecule has 0 aliphatic carbocycles. The number of nitrogens with zero attached hydrogens (tertiary/aromatic N) is 3. The molecule has 0 spiro atoms. The second-order valence-electron chi connectivity index (χ2n) is 4.18. The zero-order valence-electron chi connectivity index (χ0n) is 10.3. The van der Waals surface area contributed by atoms with E-state index in [0.717, 1.165) is 10.2 Å². The van der Waals surface area contributed by atoms with Gasteiger partial charge in [-0.1, -0.05) is 27.2 Å². The summed E-state index contributed by atoms with van der Waals surface area (Å²) in [4.78, 5) is 8.49. The van der Waals surface area contributed by atoms with Crippen molar-refractivity contribution < 1.29 is 9.63 Å². The number of halogens is 1. The Morgan fingerprint density at radius 1 is 1.20 bits per heavy atom. The summed E-state index contributed by atoms with van der Waals surface area (Å²) in [6.45, 7) is 0. The summed E-state index contributed by atoms with van der Waals surface area (Å²) >= 11 is 3.34. The molecule has 0 aliphatic rings. The van der Waals surface area contributed by atoms with Crippen LogP contribution in [0.5, 0.6) is 5.75 Å². The van der Waals surface area contributed by atoms with Crippen LogP contribution in [-0.2, 0) is 6.42 Å². The van der Waals surface area contributed by atoms with E-state index < -0.39 is 0 Å². The van der Waals surface area contributed by atoms with Gasteiger partial charge in [0.15, 0.2) is 5.82 Å². The number of hydrogen-bond donors (Lipinski definition) is 1. The molecule has 0 amide bonds. The van der Waals surface area contributed by atoms with E-state index in [1.54, 1.807) is 24.4 Å². The van der Waals surface area contributed by atoms with Crippen molar-refractivity contribution >= 4 is 15.9 Å². The quantitative estimate of drug-likeness (QED) is 0.797. The van der Waals surface area contributed by atoms with Gasteiger partial charge in [-0.2, -0.15) is 4.98 Å².